The topological polar surface area (TPSA) is 76.4 Å². The summed E-state index contributed by atoms with van der Waals surface area (Å²) in [6.45, 7) is 4.27. The van der Waals surface area contributed by atoms with Gasteiger partial charge in [-0.3, -0.25) is 0 Å². The zero-order valence-electron chi connectivity index (χ0n) is 10.7. The summed E-state index contributed by atoms with van der Waals surface area (Å²) in [5, 5.41) is 11.7. The van der Waals surface area contributed by atoms with E-state index in [0.717, 1.165) is 23.3 Å². The highest BCUT2D eigenvalue weighted by molar-refractivity contribution is 5.83. The second-order valence-corrected chi connectivity index (χ2v) is 4.41. The fourth-order valence-electron chi connectivity index (χ4n) is 2.09. The number of rotatable bonds is 4. The highest BCUT2D eigenvalue weighted by Gasteiger charge is 2.15. The Balaban J connectivity index is 2.56. The zero-order valence-corrected chi connectivity index (χ0v) is 10.7. The van der Waals surface area contributed by atoms with Crippen LogP contribution in [0.25, 0.3) is 11.0 Å². The van der Waals surface area contributed by atoms with E-state index in [2.05, 4.69) is 28.6 Å². The van der Waals surface area contributed by atoms with Crippen LogP contribution in [0.3, 0.4) is 0 Å². The van der Waals surface area contributed by atoms with Crippen LogP contribution in [-0.2, 0) is 6.42 Å². The quantitative estimate of drug-likeness (QED) is 0.376. The minimum atomic E-state index is 0.176. The number of hydrogen-bond donors (Lipinski definition) is 2. The summed E-state index contributed by atoms with van der Waals surface area (Å²) >= 11 is 0. The summed E-state index contributed by atoms with van der Waals surface area (Å²) in [7, 11) is 0. The first kappa shape index (κ1) is 12.4. The molecule has 0 amide bonds. The molecule has 0 aliphatic rings. The highest BCUT2D eigenvalue weighted by Crippen LogP contribution is 2.23. The number of amidine groups is 1. The molecule has 3 N–H and O–H groups in total. The van der Waals surface area contributed by atoms with Gasteiger partial charge in [0, 0.05) is 6.04 Å². The Morgan fingerprint density at radius 1 is 1.50 bits per heavy atom. The van der Waals surface area contributed by atoms with E-state index in [4.69, 9.17) is 10.9 Å². The molecule has 0 aliphatic heterocycles. The van der Waals surface area contributed by atoms with Crippen LogP contribution in [0.1, 0.15) is 32.1 Å². The van der Waals surface area contributed by atoms with Gasteiger partial charge in [-0.05, 0) is 25.5 Å². The SMILES string of the molecule is CCC(C)n1c(CC(N)=NO)nc2ccccc21. The molecule has 0 saturated carbocycles. The van der Waals surface area contributed by atoms with E-state index in [1.807, 2.05) is 24.3 Å². The van der Waals surface area contributed by atoms with Gasteiger partial charge >= 0.3 is 0 Å². The van der Waals surface area contributed by atoms with Gasteiger partial charge in [0.2, 0.25) is 0 Å². The molecule has 5 heteroatoms. The third kappa shape index (κ3) is 2.16. The molecule has 0 saturated heterocycles. The van der Waals surface area contributed by atoms with Gasteiger partial charge in [0.05, 0.1) is 17.5 Å². The summed E-state index contributed by atoms with van der Waals surface area (Å²) in [4.78, 5) is 4.56. The maximum atomic E-state index is 8.68. The number of hydrogen-bond acceptors (Lipinski definition) is 3. The Bertz CT molecular complexity index is 573. The Morgan fingerprint density at radius 3 is 2.89 bits per heavy atom. The standard InChI is InChI=1S/C13H18N4O/c1-3-9(2)17-11-7-5-4-6-10(11)15-13(17)8-12(14)16-18/h4-7,9,18H,3,8H2,1-2H3,(H2,14,16). The predicted molar refractivity (Wildman–Crippen MR) is 71.8 cm³/mol. The molecule has 0 aliphatic carbocycles. The molecule has 0 radical (unpaired) electrons. The molecule has 1 atom stereocenters. The number of para-hydroxylation sites is 2. The number of nitrogens with two attached hydrogens (primary N) is 1. The van der Waals surface area contributed by atoms with E-state index in [1.54, 1.807) is 0 Å². The number of aromatic nitrogens is 2. The monoisotopic (exact) mass is 246 g/mol. The van der Waals surface area contributed by atoms with Gasteiger partial charge in [-0.15, -0.1) is 0 Å². The molecule has 96 valence electrons. The van der Waals surface area contributed by atoms with Crippen LogP contribution >= 0.6 is 0 Å². The third-order valence-electron chi connectivity index (χ3n) is 3.17. The Morgan fingerprint density at radius 2 is 2.22 bits per heavy atom. The van der Waals surface area contributed by atoms with Crippen LogP contribution in [0.5, 0.6) is 0 Å². The molecule has 18 heavy (non-hydrogen) atoms. The first-order chi connectivity index (χ1) is 8.67. The highest BCUT2D eigenvalue weighted by atomic mass is 16.4. The molecule has 1 aromatic heterocycles. The lowest BCUT2D eigenvalue weighted by atomic mass is 10.2. The van der Waals surface area contributed by atoms with Gasteiger partial charge in [0.1, 0.15) is 11.7 Å². The van der Waals surface area contributed by atoms with E-state index in [0.29, 0.717) is 12.5 Å². The van der Waals surface area contributed by atoms with Gasteiger partial charge in [-0.1, -0.05) is 24.2 Å². The molecule has 5 nitrogen and oxygen atoms in total. The number of benzene rings is 1. The predicted octanol–water partition coefficient (Wildman–Crippen LogP) is 2.30. The average Bonchev–Trinajstić information content (AvgIpc) is 2.75. The van der Waals surface area contributed by atoms with Gasteiger partial charge in [-0.25, -0.2) is 4.98 Å². The van der Waals surface area contributed by atoms with E-state index >= 15 is 0 Å². The summed E-state index contributed by atoms with van der Waals surface area (Å²) in [6, 6.07) is 8.31. The largest absolute Gasteiger partial charge is 0.409 e. The average molecular weight is 246 g/mol. The van der Waals surface area contributed by atoms with Crippen LogP contribution < -0.4 is 5.73 Å². The van der Waals surface area contributed by atoms with Crippen LogP contribution in [0, 0.1) is 0 Å². The lowest BCUT2D eigenvalue weighted by Crippen LogP contribution is -2.19. The molecular formula is C13H18N4O. The molecule has 1 unspecified atom stereocenters. The first-order valence-electron chi connectivity index (χ1n) is 6.09. The van der Waals surface area contributed by atoms with Crippen molar-refractivity contribution in [1.29, 1.82) is 0 Å². The molecular weight excluding hydrogens is 228 g/mol. The van der Waals surface area contributed by atoms with Crippen molar-refractivity contribution >= 4 is 16.9 Å². The summed E-state index contributed by atoms with van der Waals surface area (Å²) in [5.41, 5.74) is 7.62. The van der Waals surface area contributed by atoms with E-state index in [1.165, 1.54) is 0 Å². The van der Waals surface area contributed by atoms with Crippen molar-refractivity contribution in [1.82, 2.24) is 9.55 Å². The summed E-state index contributed by atoms with van der Waals surface area (Å²) < 4.78 is 2.16. The first-order valence-corrected chi connectivity index (χ1v) is 6.09. The smallest absolute Gasteiger partial charge is 0.146 e. The number of oxime groups is 1. The minimum Gasteiger partial charge on any atom is -0.409 e. The van der Waals surface area contributed by atoms with Crippen molar-refractivity contribution in [3.05, 3.63) is 30.1 Å². The maximum Gasteiger partial charge on any atom is 0.146 e. The number of nitrogens with zero attached hydrogens (tertiary/aromatic N) is 3. The molecule has 0 fully saturated rings. The second kappa shape index (κ2) is 5.08. The normalized spacial score (nSPS) is 14.0. The van der Waals surface area contributed by atoms with Gasteiger partial charge < -0.3 is 15.5 Å². The minimum absolute atomic E-state index is 0.176. The second-order valence-electron chi connectivity index (χ2n) is 4.41. The molecule has 2 rings (SSSR count). The van der Waals surface area contributed by atoms with Gasteiger partial charge in [0.25, 0.3) is 0 Å². The number of imidazole rings is 1. The van der Waals surface area contributed by atoms with Crippen LogP contribution in [0.4, 0.5) is 0 Å². The van der Waals surface area contributed by atoms with Gasteiger partial charge in [0.15, 0.2) is 0 Å². The zero-order chi connectivity index (χ0) is 13.1. The lowest BCUT2D eigenvalue weighted by molar-refractivity contribution is 0.317. The summed E-state index contributed by atoms with van der Waals surface area (Å²) in [5.74, 6) is 1.01. The van der Waals surface area contributed by atoms with Crippen molar-refractivity contribution in [2.75, 3.05) is 0 Å². The molecule has 1 aromatic carbocycles. The fraction of sp³-hybridized carbons (Fsp3) is 0.385. The molecule has 0 spiro atoms. The van der Waals surface area contributed by atoms with Crippen molar-refractivity contribution in [2.45, 2.75) is 32.7 Å². The lowest BCUT2D eigenvalue weighted by Gasteiger charge is -2.15. The van der Waals surface area contributed by atoms with Crippen molar-refractivity contribution in [2.24, 2.45) is 10.9 Å². The van der Waals surface area contributed by atoms with Crippen molar-refractivity contribution < 1.29 is 5.21 Å². The van der Waals surface area contributed by atoms with Crippen molar-refractivity contribution in [3.63, 3.8) is 0 Å². The van der Waals surface area contributed by atoms with E-state index in [-0.39, 0.29) is 5.84 Å². The number of fused-ring (bicyclic) bond motifs is 1. The van der Waals surface area contributed by atoms with Crippen LogP contribution in [-0.4, -0.2) is 20.6 Å². The van der Waals surface area contributed by atoms with Crippen molar-refractivity contribution in [3.8, 4) is 0 Å². The Labute approximate surface area is 106 Å². The fourth-order valence-corrected chi connectivity index (χ4v) is 2.09. The van der Waals surface area contributed by atoms with E-state index < -0.39 is 0 Å². The summed E-state index contributed by atoms with van der Waals surface area (Å²) in [6.07, 6.45) is 1.36. The maximum absolute atomic E-state index is 8.68. The molecule has 1 heterocycles. The Hall–Kier alpha value is -2.04. The van der Waals surface area contributed by atoms with Gasteiger partial charge in [-0.2, -0.15) is 0 Å². The van der Waals surface area contributed by atoms with E-state index in [9.17, 15) is 0 Å². The van der Waals surface area contributed by atoms with Crippen LogP contribution in [0.2, 0.25) is 0 Å². The third-order valence-corrected chi connectivity index (χ3v) is 3.17. The van der Waals surface area contributed by atoms with Crippen LogP contribution in [0.15, 0.2) is 29.4 Å². The Kier molecular flexibility index (Phi) is 3.50. The molecule has 2 aromatic rings. The molecule has 0 bridgehead atoms.